The van der Waals surface area contributed by atoms with Gasteiger partial charge in [-0.3, -0.25) is 0 Å². The number of carbonyl (C=O) groups is 1. The maximum atomic E-state index is 11.0. The van der Waals surface area contributed by atoms with Crippen molar-refractivity contribution < 1.29 is 9.53 Å². The zero-order chi connectivity index (χ0) is 11.1. The van der Waals surface area contributed by atoms with Crippen LogP contribution in [0.3, 0.4) is 0 Å². The molecule has 80 valence electrons. The van der Waals surface area contributed by atoms with Crippen LogP contribution in [0.4, 0.5) is 0 Å². The van der Waals surface area contributed by atoms with E-state index in [0.717, 1.165) is 12.8 Å². The van der Waals surface area contributed by atoms with Gasteiger partial charge in [0.2, 0.25) is 0 Å². The molecule has 3 heteroatoms. The molecular weight excluding hydrogens is 192 g/mol. The number of hydrogen-bond donors (Lipinski definition) is 0. The Morgan fingerprint density at radius 3 is 2.36 bits per heavy atom. The average Bonchev–Trinajstić information content (AvgIpc) is 2.11. The van der Waals surface area contributed by atoms with E-state index in [9.17, 15) is 4.79 Å². The number of rotatable bonds is 6. The van der Waals surface area contributed by atoms with Gasteiger partial charge in [-0.1, -0.05) is 24.9 Å². The molecule has 0 bridgehead atoms. The van der Waals surface area contributed by atoms with E-state index >= 15 is 0 Å². The number of carbonyl (C=O) groups excluding carboxylic acids is 1. The third-order valence-electron chi connectivity index (χ3n) is 2.04. The van der Waals surface area contributed by atoms with Crippen LogP contribution in [0.2, 0.25) is 13.1 Å². The quantitative estimate of drug-likeness (QED) is 0.293. The Morgan fingerprint density at radius 2 is 1.93 bits per heavy atom. The summed E-state index contributed by atoms with van der Waals surface area (Å²) in [6, 6.07) is 0. The predicted octanol–water partition coefficient (Wildman–Crippen LogP) is 2.47. The maximum absolute atomic E-state index is 11.0. The summed E-state index contributed by atoms with van der Waals surface area (Å²) in [5.74, 6) is -0.294. The van der Waals surface area contributed by atoms with Crippen molar-refractivity contribution in [1.29, 1.82) is 0 Å². The van der Waals surface area contributed by atoms with E-state index in [0.29, 0.717) is 12.2 Å². The summed E-state index contributed by atoms with van der Waals surface area (Å²) in [5, 5.41) is 1.34. The smallest absolute Gasteiger partial charge is 0.333 e. The third-order valence-corrected chi connectivity index (χ3v) is 3.96. The molecule has 0 aliphatic rings. The van der Waals surface area contributed by atoms with Crippen LogP contribution in [-0.4, -0.2) is 21.4 Å². The van der Waals surface area contributed by atoms with Gasteiger partial charge in [-0.2, -0.15) is 0 Å². The van der Waals surface area contributed by atoms with Gasteiger partial charge in [-0.25, -0.2) is 4.79 Å². The van der Waals surface area contributed by atoms with Crippen molar-refractivity contribution >= 4 is 14.8 Å². The number of hydrogen-bond acceptors (Lipinski definition) is 2. The molecule has 0 radical (unpaired) electrons. The summed E-state index contributed by atoms with van der Waals surface area (Å²) >= 11 is 0. The number of allylic oxidation sites excluding steroid dienone is 1. The van der Waals surface area contributed by atoms with Crippen molar-refractivity contribution in [3.05, 3.63) is 23.9 Å². The highest BCUT2D eigenvalue weighted by atomic mass is 28.3. The van der Waals surface area contributed by atoms with Crippen molar-refractivity contribution in [2.45, 2.75) is 32.9 Å². The fraction of sp³-hybridized carbons (Fsp3) is 0.545. The first kappa shape index (κ1) is 13.2. The minimum atomic E-state index is -0.704. The van der Waals surface area contributed by atoms with E-state index in [1.54, 1.807) is 6.92 Å². The van der Waals surface area contributed by atoms with Crippen LogP contribution in [-0.2, 0) is 9.53 Å². The molecule has 0 spiro atoms. The summed E-state index contributed by atoms with van der Waals surface area (Å²) in [6.45, 7) is 14.2. The lowest BCUT2D eigenvalue weighted by molar-refractivity contribution is -0.139. The highest BCUT2D eigenvalue weighted by molar-refractivity contribution is 6.63. The molecular formula is C11H20O2Si. The van der Waals surface area contributed by atoms with Crippen LogP contribution in [0, 0.1) is 0 Å². The highest BCUT2D eigenvalue weighted by Gasteiger charge is 2.04. The standard InChI is InChI=1S/C11H20O2Si/c1-9(2)11(12)13-8-6-7-10(3)14(4)5/h14H,1,3,6-8H2,2,4-5H3. The minimum absolute atomic E-state index is 0.294. The van der Waals surface area contributed by atoms with Crippen molar-refractivity contribution in [3.63, 3.8) is 0 Å². The van der Waals surface area contributed by atoms with Crippen molar-refractivity contribution in [3.8, 4) is 0 Å². The molecule has 0 aromatic rings. The van der Waals surface area contributed by atoms with Gasteiger partial charge in [0, 0.05) is 5.57 Å². The third kappa shape index (κ3) is 5.75. The van der Waals surface area contributed by atoms with Gasteiger partial charge in [0.25, 0.3) is 0 Å². The monoisotopic (exact) mass is 212 g/mol. The van der Waals surface area contributed by atoms with E-state index in [4.69, 9.17) is 4.74 Å². The molecule has 0 saturated heterocycles. The van der Waals surface area contributed by atoms with E-state index in [-0.39, 0.29) is 5.97 Å². The molecule has 14 heavy (non-hydrogen) atoms. The highest BCUT2D eigenvalue weighted by Crippen LogP contribution is 2.06. The Hall–Kier alpha value is -0.833. The Morgan fingerprint density at radius 1 is 1.36 bits per heavy atom. The van der Waals surface area contributed by atoms with Crippen LogP contribution >= 0.6 is 0 Å². The van der Waals surface area contributed by atoms with E-state index in [1.807, 2.05) is 0 Å². The number of ether oxygens (including phenoxy) is 1. The first-order valence-electron chi connectivity index (χ1n) is 4.95. The lowest BCUT2D eigenvalue weighted by Crippen LogP contribution is -2.09. The van der Waals surface area contributed by atoms with Crippen LogP contribution in [0.25, 0.3) is 0 Å². The lowest BCUT2D eigenvalue weighted by atomic mass is 10.3. The number of esters is 1. The van der Waals surface area contributed by atoms with Gasteiger partial charge < -0.3 is 4.74 Å². The molecule has 0 aromatic carbocycles. The van der Waals surface area contributed by atoms with Gasteiger partial charge in [-0.05, 0) is 19.8 Å². The van der Waals surface area contributed by atoms with Crippen molar-refractivity contribution in [1.82, 2.24) is 0 Å². The Labute approximate surface area is 88.3 Å². The largest absolute Gasteiger partial charge is 0.462 e. The molecule has 2 nitrogen and oxygen atoms in total. The maximum Gasteiger partial charge on any atom is 0.333 e. The first-order valence-corrected chi connectivity index (χ1v) is 7.84. The second-order valence-electron chi connectivity index (χ2n) is 3.83. The SMILES string of the molecule is C=C(C)C(=O)OCCCC(=C)[SiH](C)C. The summed E-state index contributed by atoms with van der Waals surface area (Å²) < 4.78 is 4.97. The summed E-state index contributed by atoms with van der Waals surface area (Å²) in [5.41, 5.74) is 0.460. The van der Waals surface area contributed by atoms with Crippen LogP contribution in [0.5, 0.6) is 0 Å². The van der Waals surface area contributed by atoms with Gasteiger partial charge in [0.1, 0.15) is 0 Å². The van der Waals surface area contributed by atoms with Gasteiger partial charge in [0.05, 0.1) is 15.4 Å². The Kier molecular flexibility index (Phi) is 6.20. The second kappa shape index (κ2) is 6.60. The normalized spacial score (nSPS) is 10.0. The van der Waals surface area contributed by atoms with Crippen LogP contribution < -0.4 is 0 Å². The van der Waals surface area contributed by atoms with Crippen molar-refractivity contribution in [2.75, 3.05) is 6.61 Å². The van der Waals surface area contributed by atoms with Gasteiger partial charge >= 0.3 is 5.97 Å². The molecule has 0 heterocycles. The lowest BCUT2D eigenvalue weighted by Gasteiger charge is -2.08. The molecule has 0 fully saturated rings. The Balaban J connectivity index is 3.52. The molecule has 0 atom stereocenters. The predicted molar refractivity (Wildman–Crippen MR) is 63.0 cm³/mol. The first-order chi connectivity index (χ1) is 6.45. The van der Waals surface area contributed by atoms with E-state index in [2.05, 4.69) is 26.3 Å². The zero-order valence-electron chi connectivity index (χ0n) is 9.43. The minimum Gasteiger partial charge on any atom is -0.462 e. The van der Waals surface area contributed by atoms with Crippen LogP contribution in [0.15, 0.2) is 23.9 Å². The molecule has 0 aliphatic carbocycles. The molecule has 0 aliphatic heterocycles. The average molecular weight is 212 g/mol. The summed E-state index contributed by atoms with van der Waals surface area (Å²) in [6.07, 6.45) is 1.86. The summed E-state index contributed by atoms with van der Waals surface area (Å²) in [7, 11) is -0.704. The Bertz CT molecular complexity index is 231. The molecule has 0 rings (SSSR count). The molecule has 0 amide bonds. The van der Waals surface area contributed by atoms with Gasteiger partial charge in [0.15, 0.2) is 0 Å². The topological polar surface area (TPSA) is 26.3 Å². The van der Waals surface area contributed by atoms with Gasteiger partial charge in [-0.15, -0.1) is 6.58 Å². The summed E-state index contributed by atoms with van der Waals surface area (Å²) in [4.78, 5) is 11.0. The van der Waals surface area contributed by atoms with E-state index in [1.165, 1.54) is 5.20 Å². The molecule has 0 N–H and O–H groups in total. The fourth-order valence-corrected chi connectivity index (χ4v) is 1.66. The molecule has 0 unspecified atom stereocenters. The second-order valence-corrected chi connectivity index (χ2v) is 6.96. The van der Waals surface area contributed by atoms with Crippen molar-refractivity contribution in [2.24, 2.45) is 0 Å². The van der Waals surface area contributed by atoms with Crippen LogP contribution in [0.1, 0.15) is 19.8 Å². The molecule has 0 saturated carbocycles. The zero-order valence-corrected chi connectivity index (χ0v) is 10.6. The molecule has 0 aromatic heterocycles. The fourth-order valence-electron chi connectivity index (χ4n) is 0.876. The van der Waals surface area contributed by atoms with E-state index < -0.39 is 8.80 Å².